The summed E-state index contributed by atoms with van der Waals surface area (Å²) in [5.41, 5.74) is 0. The molecular weight excluding hydrogens is 274 g/mol. The van der Waals surface area contributed by atoms with Crippen molar-refractivity contribution in [3.8, 4) is 0 Å². The van der Waals surface area contributed by atoms with Gasteiger partial charge in [-0.1, -0.05) is 13.3 Å². The highest BCUT2D eigenvalue weighted by Crippen LogP contribution is 2.48. The normalized spacial score (nSPS) is 29.4. The van der Waals surface area contributed by atoms with Crippen molar-refractivity contribution in [1.82, 2.24) is 14.3 Å². The van der Waals surface area contributed by atoms with Crippen molar-refractivity contribution < 1.29 is 8.42 Å². The summed E-state index contributed by atoms with van der Waals surface area (Å²) in [5.74, 6) is 2.85. The molecule has 0 amide bonds. The van der Waals surface area contributed by atoms with Crippen LogP contribution in [0.15, 0.2) is 11.2 Å². The molecule has 3 rings (SSSR count). The molecule has 2 fully saturated rings. The van der Waals surface area contributed by atoms with Crippen LogP contribution in [0.4, 0.5) is 0 Å². The van der Waals surface area contributed by atoms with Crippen molar-refractivity contribution in [1.29, 1.82) is 0 Å². The van der Waals surface area contributed by atoms with Gasteiger partial charge in [-0.3, -0.25) is 0 Å². The number of nitrogens with one attached hydrogen (secondary N) is 1. The average Bonchev–Trinajstić information content (AvgIpc) is 3.14. The second-order valence-corrected chi connectivity index (χ2v) is 8.28. The molecule has 1 heterocycles. The maximum Gasteiger partial charge on any atom is 0.259 e. The fourth-order valence-corrected chi connectivity index (χ4v) is 5.01. The van der Waals surface area contributed by atoms with Crippen LogP contribution in [-0.4, -0.2) is 36.3 Å². The van der Waals surface area contributed by atoms with Crippen LogP contribution in [0, 0.1) is 17.8 Å². The zero-order valence-electron chi connectivity index (χ0n) is 12.2. The SMILES string of the molecule is CCc1ncc(S(=O)(=O)N(C)CC2CC3CCC2C3)[nH]1. The van der Waals surface area contributed by atoms with Crippen LogP contribution in [-0.2, 0) is 16.4 Å². The number of sulfonamides is 1. The Morgan fingerprint density at radius 1 is 1.40 bits per heavy atom. The van der Waals surface area contributed by atoms with Crippen LogP contribution in [0.3, 0.4) is 0 Å². The molecule has 0 aromatic carbocycles. The zero-order valence-corrected chi connectivity index (χ0v) is 13.0. The lowest BCUT2D eigenvalue weighted by molar-refractivity contribution is 0.280. The number of H-pyrrole nitrogens is 1. The minimum absolute atomic E-state index is 0.222. The first kappa shape index (κ1) is 14.1. The van der Waals surface area contributed by atoms with Gasteiger partial charge in [-0.15, -0.1) is 0 Å². The summed E-state index contributed by atoms with van der Waals surface area (Å²) in [7, 11) is -1.73. The molecule has 2 saturated carbocycles. The standard InChI is InChI=1S/C14H23N3O2S/c1-3-13-15-8-14(16-13)20(18,19)17(2)9-12-7-10-4-5-11(12)6-10/h8,10-12H,3-7,9H2,1-2H3,(H,15,16). The monoisotopic (exact) mass is 297 g/mol. The van der Waals surface area contributed by atoms with Gasteiger partial charge in [0.25, 0.3) is 10.0 Å². The maximum atomic E-state index is 12.5. The Balaban J connectivity index is 1.70. The van der Waals surface area contributed by atoms with Crippen molar-refractivity contribution in [2.45, 2.75) is 44.1 Å². The molecular formula is C14H23N3O2S. The second-order valence-electron chi connectivity index (χ2n) is 6.27. The molecule has 0 radical (unpaired) electrons. The van der Waals surface area contributed by atoms with Gasteiger partial charge in [-0.25, -0.2) is 13.4 Å². The van der Waals surface area contributed by atoms with Crippen molar-refractivity contribution in [3.05, 3.63) is 12.0 Å². The molecule has 0 spiro atoms. The quantitative estimate of drug-likeness (QED) is 0.904. The van der Waals surface area contributed by atoms with E-state index < -0.39 is 10.0 Å². The molecule has 3 unspecified atom stereocenters. The lowest BCUT2D eigenvalue weighted by Crippen LogP contribution is -2.34. The van der Waals surface area contributed by atoms with Crippen LogP contribution < -0.4 is 0 Å². The van der Waals surface area contributed by atoms with E-state index in [-0.39, 0.29) is 5.03 Å². The molecule has 5 nitrogen and oxygen atoms in total. The third-order valence-electron chi connectivity index (χ3n) is 5.00. The van der Waals surface area contributed by atoms with Gasteiger partial charge in [-0.05, 0) is 37.0 Å². The van der Waals surface area contributed by atoms with Gasteiger partial charge >= 0.3 is 0 Å². The Kier molecular flexibility index (Phi) is 3.62. The van der Waals surface area contributed by atoms with Crippen molar-refractivity contribution in [2.75, 3.05) is 13.6 Å². The second kappa shape index (κ2) is 5.15. The molecule has 2 bridgehead atoms. The van der Waals surface area contributed by atoms with E-state index in [0.717, 1.165) is 17.7 Å². The maximum absolute atomic E-state index is 12.5. The lowest BCUT2D eigenvalue weighted by atomic mass is 9.89. The molecule has 3 atom stereocenters. The first-order valence-electron chi connectivity index (χ1n) is 7.51. The molecule has 20 heavy (non-hydrogen) atoms. The van der Waals surface area contributed by atoms with Gasteiger partial charge in [0.1, 0.15) is 5.82 Å². The van der Waals surface area contributed by atoms with Crippen LogP contribution in [0.1, 0.15) is 38.4 Å². The Morgan fingerprint density at radius 3 is 2.75 bits per heavy atom. The highest BCUT2D eigenvalue weighted by Gasteiger charge is 2.41. The van der Waals surface area contributed by atoms with E-state index in [1.165, 1.54) is 36.2 Å². The zero-order chi connectivity index (χ0) is 14.3. The van der Waals surface area contributed by atoms with Crippen molar-refractivity contribution in [2.24, 2.45) is 17.8 Å². The predicted octanol–water partition coefficient (Wildman–Crippen LogP) is 2.03. The van der Waals surface area contributed by atoms with E-state index in [1.807, 2.05) is 6.92 Å². The molecule has 1 aromatic heterocycles. The number of aryl methyl sites for hydroxylation is 1. The smallest absolute Gasteiger partial charge is 0.259 e. The van der Waals surface area contributed by atoms with Crippen LogP contribution in [0.2, 0.25) is 0 Å². The molecule has 1 aromatic rings. The number of hydrogen-bond acceptors (Lipinski definition) is 3. The molecule has 1 N–H and O–H groups in total. The number of nitrogens with zero attached hydrogens (tertiary/aromatic N) is 2. The Bertz CT molecular complexity index is 581. The van der Waals surface area contributed by atoms with Crippen molar-refractivity contribution >= 4 is 10.0 Å². The topological polar surface area (TPSA) is 66.1 Å². The fourth-order valence-electron chi connectivity index (χ4n) is 3.85. The number of aromatic nitrogens is 2. The van der Waals surface area contributed by atoms with Gasteiger partial charge in [0.2, 0.25) is 0 Å². The van der Waals surface area contributed by atoms with E-state index >= 15 is 0 Å². The molecule has 0 saturated heterocycles. The number of rotatable bonds is 5. The summed E-state index contributed by atoms with van der Waals surface area (Å²) in [5, 5.41) is 0.222. The molecule has 6 heteroatoms. The minimum Gasteiger partial charge on any atom is -0.332 e. The summed E-state index contributed by atoms with van der Waals surface area (Å²) in [4.78, 5) is 6.99. The summed E-state index contributed by atoms with van der Waals surface area (Å²) >= 11 is 0. The molecule has 2 aliphatic rings. The summed E-state index contributed by atoms with van der Waals surface area (Å²) in [6.07, 6.45) is 7.29. The highest BCUT2D eigenvalue weighted by atomic mass is 32.2. The van der Waals surface area contributed by atoms with Gasteiger partial charge in [0.05, 0.1) is 6.20 Å². The average molecular weight is 297 g/mol. The summed E-state index contributed by atoms with van der Waals surface area (Å²) < 4.78 is 26.5. The van der Waals surface area contributed by atoms with Gasteiger partial charge in [0.15, 0.2) is 5.03 Å². The predicted molar refractivity (Wildman–Crippen MR) is 76.7 cm³/mol. The molecule has 2 aliphatic carbocycles. The Labute approximate surface area is 120 Å². The third-order valence-corrected chi connectivity index (χ3v) is 6.74. The Morgan fingerprint density at radius 2 is 2.20 bits per heavy atom. The number of hydrogen-bond donors (Lipinski definition) is 1. The molecule has 0 aliphatic heterocycles. The van der Waals surface area contributed by atoms with E-state index in [9.17, 15) is 8.42 Å². The minimum atomic E-state index is -3.42. The first-order chi connectivity index (χ1) is 9.50. The van der Waals surface area contributed by atoms with Gasteiger partial charge in [0, 0.05) is 20.0 Å². The van der Waals surface area contributed by atoms with E-state index in [4.69, 9.17) is 0 Å². The number of fused-ring (bicyclic) bond motifs is 2. The fraction of sp³-hybridized carbons (Fsp3) is 0.786. The van der Waals surface area contributed by atoms with E-state index in [1.54, 1.807) is 7.05 Å². The van der Waals surface area contributed by atoms with Gasteiger partial charge in [-0.2, -0.15) is 4.31 Å². The van der Waals surface area contributed by atoms with E-state index in [2.05, 4.69) is 9.97 Å². The Hall–Kier alpha value is -0.880. The number of imidazole rings is 1. The molecule has 112 valence electrons. The summed E-state index contributed by atoms with van der Waals surface area (Å²) in [6, 6.07) is 0. The highest BCUT2D eigenvalue weighted by molar-refractivity contribution is 7.89. The van der Waals surface area contributed by atoms with Crippen molar-refractivity contribution in [3.63, 3.8) is 0 Å². The third kappa shape index (κ3) is 2.39. The van der Waals surface area contributed by atoms with Crippen LogP contribution in [0.25, 0.3) is 0 Å². The number of aromatic amines is 1. The van der Waals surface area contributed by atoms with Crippen LogP contribution >= 0.6 is 0 Å². The van der Waals surface area contributed by atoms with E-state index in [0.29, 0.717) is 18.9 Å². The van der Waals surface area contributed by atoms with Gasteiger partial charge < -0.3 is 4.98 Å². The largest absolute Gasteiger partial charge is 0.332 e. The summed E-state index contributed by atoms with van der Waals surface area (Å²) in [6.45, 7) is 2.60. The lowest BCUT2D eigenvalue weighted by Gasteiger charge is -2.26. The van der Waals surface area contributed by atoms with Crippen LogP contribution in [0.5, 0.6) is 0 Å². The first-order valence-corrected chi connectivity index (χ1v) is 8.95.